The maximum absolute atomic E-state index is 12.0. The number of carbonyl (C=O) groups is 2. The minimum Gasteiger partial charge on any atom is -0.356 e. The molecule has 5 nitrogen and oxygen atoms in total. The van der Waals surface area contributed by atoms with E-state index in [1.54, 1.807) is 4.90 Å². The van der Waals surface area contributed by atoms with Gasteiger partial charge in [0.2, 0.25) is 11.8 Å². The van der Waals surface area contributed by atoms with Crippen molar-refractivity contribution >= 4 is 11.8 Å². The number of nitrogens with one attached hydrogen (secondary N) is 2. The van der Waals surface area contributed by atoms with Gasteiger partial charge in [-0.05, 0) is 12.8 Å². The lowest BCUT2D eigenvalue weighted by Crippen LogP contribution is -2.42. The largest absolute Gasteiger partial charge is 0.356 e. The van der Waals surface area contributed by atoms with Gasteiger partial charge in [0.25, 0.3) is 0 Å². The summed E-state index contributed by atoms with van der Waals surface area (Å²) < 4.78 is 0. The van der Waals surface area contributed by atoms with Crippen LogP contribution in [-0.2, 0) is 9.59 Å². The summed E-state index contributed by atoms with van der Waals surface area (Å²) in [5.41, 5.74) is 0. The fraction of sp³-hybridized carbons (Fsp3) is 0.846. The van der Waals surface area contributed by atoms with Gasteiger partial charge in [-0.25, -0.2) is 0 Å². The van der Waals surface area contributed by atoms with Gasteiger partial charge >= 0.3 is 0 Å². The molecule has 0 radical (unpaired) electrons. The fourth-order valence-corrected chi connectivity index (χ4v) is 2.11. The van der Waals surface area contributed by atoms with E-state index in [0.29, 0.717) is 25.6 Å². The van der Waals surface area contributed by atoms with Crippen LogP contribution in [0.2, 0.25) is 0 Å². The first-order valence-corrected chi connectivity index (χ1v) is 6.86. The molecule has 1 fully saturated rings. The third-order valence-electron chi connectivity index (χ3n) is 3.01. The summed E-state index contributed by atoms with van der Waals surface area (Å²) >= 11 is 0. The lowest BCUT2D eigenvalue weighted by atomic mass is 10.2. The quantitative estimate of drug-likeness (QED) is 0.696. The van der Waals surface area contributed by atoms with Gasteiger partial charge in [0.05, 0.1) is 6.04 Å². The minimum atomic E-state index is -0.0660. The van der Waals surface area contributed by atoms with E-state index >= 15 is 0 Å². The van der Waals surface area contributed by atoms with Crippen LogP contribution in [0, 0.1) is 0 Å². The standard InChI is InChI=1S/C13H25N3O2/c1-4-7-14-12(17)6-9-16-8-5-11(13(16)18)15-10(2)3/h10-11,15H,4-9H2,1-3H3,(H,14,17). The van der Waals surface area contributed by atoms with Crippen LogP contribution >= 0.6 is 0 Å². The van der Waals surface area contributed by atoms with E-state index in [1.807, 2.05) is 20.8 Å². The topological polar surface area (TPSA) is 61.4 Å². The van der Waals surface area contributed by atoms with Gasteiger partial charge in [-0.2, -0.15) is 0 Å². The zero-order valence-electron chi connectivity index (χ0n) is 11.7. The monoisotopic (exact) mass is 255 g/mol. The van der Waals surface area contributed by atoms with Crippen molar-refractivity contribution in [3.05, 3.63) is 0 Å². The maximum atomic E-state index is 12.0. The first-order chi connectivity index (χ1) is 8.54. The first-order valence-electron chi connectivity index (χ1n) is 6.86. The van der Waals surface area contributed by atoms with Crippen molar-refractivity contribution in [3.63, 3.8) is 0 Å². The number of likely N-dealkylation sites (tertiary alicyclic amines) is 1. The summed E-state index contributed by atoms with van der Waals surface area (Å²) in [5, 5.41) is 6.07. The zero-order chi connectivity index (χ0) is 13.5. The summed E-state index contributed by atoms with van der Waals surface area (Å²) in [6.45, 7) is 8.09. The highest BCUT2D eigenvalue weighted by Gasteiger charge is 2.31. The Kier molecular flexibility index (Phi) is 6.12. The van der Waals surface area contributed by atoms with E-state index in [1.165, 1.54) is 0 Å². The Morgan fingerprint density at radius 3 is 2.83 bits per heavy atom. The van der Waals surface area contributed by atoms with Gasteiger partial charge < -0.3 is 15.5 Å². The minimum absolute atomic E-state index is 0.0323. The Morgan fingerprint density at radius 2 is 2.22 bits per heavy atom. The Balaban J connectivity index is 2.28. The number of amides is 2. The van der Waals surface area contributed by atoms with E-state index in [0.717, 1.165) is 19.4 Å². The molecule has 1 rings (SSSR count). The Labute approximate surface area is 109 Å². The molecule has 1 saturated heterocycles. The van der Waals surface area contributed by atoms with Gasteiger partial charge in [-0.3, -0.25) is 9.59 Å². The molecule has 2 N–H and O–H groups in total. The molecule has 5 heteroatoms. The molecule has 18 heavy (non-hydrogen) atoms. The van der Waals surface area contributed by atoms with Crippen molar-refractivity contribution in [3.8, 4) is 0 Å². The molecule has 0 aromatic heterocycles. The molecule has 1 atom stereocenters. The average molecular weight is 255 g/mol. The normalized spacial score (nSPS) is 19.7. The molecule has 1 aliphatic heterocycles. The van der Waals surface area contributed by atoms with Crippen LogP contribution in [0.3, 0.4) is 0 Å². The molecule has 0 bridgehead atoms. The molecular formula is C13H25N3O2. The van der Waals surface area contributed by atoms with E-state index < -0.39 is 0 Å². The predicted molar refractivity (Wildman–Crippen MR) is 71.2 cm³/mol. The average Bonchev–Trinajstić information content (AvgIpc) is 2.65. The lowest BCUT2D eigenvalue weighted by molar-refractivity contribution is -0.130. The molecule has 104 valence electrons. The highest BCUT2D eigenvalue weighted by Crippen LogP contribution is 2.12. The van der Waals surface area contributed by atoms with Crippen LogP contribution in [-0.4, -0.2) is 48.4 Å². The van der Waals surface area contributed by atoms with Crippen molar-refractivity contribution in [1.29, 1.82) is 0 Å². The summed E-state index contributed by atoms with van der Waals surface area (Å²) in [7, 11) is 0. The molecule has 1 unspecified atom stereocenters. The van der Waals surface area contributed by atoms with Gasteiger partial charge in [0, 0.05) is 32.1 Å². The highest BCUT2D eigenvalue weighted by molar-refractivity contribution is 5.84. The summed E-state index contributed by atoms with van der Waals surface area (Å²) in [5.74, 6) is 0.164. The SMILES string of the molecule is CCCNC(=O)CCN1CCC(NC(C)C)C1=O. The zero-order valence-corrected chi connectivity index (χ0v) is 11.7. The van der Waals surface area contributed by atoms with Crippen molar-refractivity contribution in [2.24, 2.45) is 0 Å². The summed E-state index contributed by atoms with van der Waals surface area (Å²) in [6, 6.07) is 0.246. The molecule has 0 aliphatic carbocycles. The van der Waals surface area contributed by atoms with Crippen LogP contribution in [0.1, 0.15) is 40.0 Å². The third kappa shape index (κ3) is 4.64. The van der Waals surface area contributed by atoms with Crippen LogP contribution < -0.4 is 10.6 Å². The van der Waals surface area contributed by atoms with Crippen molar-refractivity contribution in [2.45, 2.75) is 52.1 Å². The van der Waals surface area contributed by atoms with Gasteiger partial charge in [-0.1, -0.05) is 20.8 Å². The van der Waals surface area contributed by atoms with Gasteiger partial charge in [-0.15, -0.1) is 0 Å². The van der Waals surface area contributed by atoms with Crippen molar-refractivity contribution < 1.29 is 9.59 Å². The third-order valence-corrected chi connectivity index (χ3v) is 3.01. The molecule has 1 heterocycles. The summed E-state index contributed by atoms with van der Waals surface area (Å²) in [6.07, 6.45) is 2.18. The van der Waals surface area contributed by atoms with Crippen LogP contribution in [0.5, 0.6) is 0 Å². The predicted octanol–water partition coefficient (Wildman–Crippen LogP) is 0.502. The number of nitrogens with zero attached hydrogens (tertiary/aromatic N) is 1. The van der Waals surface area contributed by atoms with Crippen LogP contribution in [0.25, 0.3) is 0 Å². The second kappa shape index (κ2) is 7.36. The number of hydrogen-bond donors (Lipinski definition) is 2. The molecule has 0 aromatic rings. The maximum Gasteiger partial charge on any atom is 0.239 e. The lowest BCUT2D eigenvalue weighted by Gasteiger charge is -2.18. The summed E-state index contributed by atoms with van der Waals surface area (Å²) in [4.78, 5) is 25.2. The second-order valence-electron chi connectivity index (χ2n) is 5.09. The highest BCUT2D eigenvalue weighted by atomic mass is 16.2. The first kappa shape index (κ1) is 15.0. The molecule has 1 aliphatic rings. The van der Waals surface area contributed by atoms with E-state index in [9.17, 15) is 9.59 Å². The smallest absolute Gasteiger partial charge is 0.239 e. The second-order valence-corrected chi connectivity index (χ2v) is 5.09. The fourth-order valence-electron chi connectivity index (χ4n) is 2.11. The van der Waals surface area contributed by atoms with Crippen LogP contribution in [0.15, 0.2) is 0 Å². The molecule has 2 amide bonds. The Morgan fingerprint density at radius 1 is 1.50 bits per heavy atom. The molecule has 0 aromatic carbocycles. The van der Waals surface area contributed by atoms with E-state index in [4.69, 9.17) is 0 Å². The molecule has 0 spiro atoms. The number of carbonyl (C=O) groups excluding carboxylic acids is 2. The van der Waals surface area contributed by atoms with Crippen LogP contribution in [0.4, 0.5) is 0 Å². The Hall–Kier alpha value is -1.10. The Bertz CT molecular complexity index is 292. The van der Waals surface area contributed by atoms with Crippen molar-refractivity contribution in [1.82, 2.24) is 15.5 Å². The molecular weight excluding hydrogens is 230 g/mol. The molecule has 0 saturated carbocycles. The number of hydrogen-bond acceptors (Lipinski definition) is 3. The van der Waals surface area contributed by atoms with Crippen molar-refractivity contribution in [2.75, 3.05) is 19.6 Å². The van der Waals surface area contributed by atoms with Gasteiger partial charge in [0.1, 0.15) is 0 Å². The van der Waals surface area contributed by atoms with Gasteiger partial charge in [0.15, 0.2) is 0 Å². The van der Waals surface area contributed by atoms with E-state index in [-0.39, 0.29) is 17.9 Å². The number of rotatable bonds is 7. The van der Waals surface area contributed by atoms with E-state index in [2.05, 4.69) is 10.6 Å².